The fourth-order valence-electron chi connectivity index (χ4n) is 2.14. The van der Waals surface area contributed by atoms with Gasteiger partial charge in [0, 0.05) is 5.92 Å². The van der Waals surface area contributed by atoms with Crippen LogP contribution >= 0.6 is 0 Å². The summed E-state index contributed by atoms with van der Waals surface area (Å²) in [5.74, 6) is 0.339. The second-order valence-electron chi connectivity index (χ2n) is 4.48. The molecule has 1 rings (SSSR count). The molecule has 1 amide bonds. The van der Waals surface area contributed by atoms with E-state index in [-0.39, 0.29) is 24.5 Å². The van der Waals surface area contributed by atoms with E-state index in [1.54, 1.807) is 0 Å². The van der Waals surface area contributed by atoms with Crippen molar-refractivity contribution in [2.45, 2.75) is 57.9 Å². The Labute approximate surface area is 92.3 Å². The predicted octanol–water partition coefficient (Wildman–Crippen LogP) is 1.84. The van der Waals surface area contributed by atoms with Gasteiger partial charge in [-0.25, -0.2) is 0 Å². The summed E-state index contributed by atoms with van der Waals surface area (Å²) in [6.07, 6.45) is 7.72. The maximum absolute atomic E-state index is 11.9. The minimum absolute atomic E-state index is 0.0506. The van der Waals surface area contributed by atoms with Gasteiger partial charge in [-0.3, -0.25) is 4.79 Å². The highest BCUT2D eigenvalue weighted by Crippen LogP contribution is 2.22. The lowest BCUT2D eigenvalue weighted by molar-refractivity contribution is -0.126. The molecule has 0 heterocycles. The quantitative estimate of drug-likeness (QED) is 0.700. The third kappa shape index (κ3) is 4.20. The topological polar surface area (TPSA) is 49.3 Å². The summed E-state index contributed by atoms with van der Waals surface area (Å²) in [6, 6.07) is -0.0549. The molecule has 0 aliphatic heterocycles. The van der Waals surface area contributed by atoms with Gasteiger partial charge in [0.1, 0.15) is 0 Å². The van der Waals surface area contributed by atoms with Gasteiger partial charge >= 0.3 is 0 Å². The van der Waals surface area contributed by atoms with Crippen LogP contribution in [0.15, 0.2) is 0 Å². The number of nitrogens with one attached hydrogen (secondary N) is 1. The second-order valence-corrected chi connectivity index (χ2v) is 4.48. The SMILES string of the molecule is CC[C@H](CO)NC(=O)C1CCCCCC1. The van der Waals surface area contributed by atoms with Crippen LogP contribution < -0.4 is 5.32 Å². The molecule has 1 aliphatic rings. The minimum atomic E-state index is -0.0549. The molecular formula is C12H23NO2. The Hall–Kier alpha value is -0.570. The van der Waals surface area contributed by atoms with Gasteiger partial charge < -0.3 is 10.4 Å². The zero-order valence-corrected chi connectivity index (χ0v) is 9.67. The van der Waals surface area contributed by atoms with Crippen molar-refractivity contribution in [3.8, 4) is 0 Å². The van der Waals surface area contributed by atoms with Crippen molar-refractivity contribution in [3.05, 3.63) is 0 Å². The van der Waals surface area contributed by atoms with E-state index in [9.17, 15) is 4.79 Å². The molecular weight excluding hydrogens is 190 g/mol. The molecule has 1 saturated carbocycles. The molecule has 3 nitrogen and oxygen atoms in total. The number of aliphatic hydroxyl groups excluding tert-OH is 1. The molecule has 0 bridgehead atoms. The zero-order chi connectivity index (χ0) is 11.1. The van der Waals surface area contributed by atoms with E-state index in [4.69, 9.17) is 5.11 Å². The van der Waals surface area contributed by atoms with Crippen molar-refractivity contribution in [1.82, 2.24) is 5.32 Å². The van der Waals surface area contributed by atoms with Crippen LogP contribution in [-0.2, 0) is 4.79 Å². The highest BCUT2D eigenvalue weighted by molar-refractivity contribution is 5.78. The lowest BCUT2D eigenvalue weighted by Crippen LogP contribution is -2.40. The summed E-state index contributed by atoms with van der Waals surface area (Å²) < 4.78 is 0. The van der Waals surface area contributed by atoms with Crippen LogP contribution in [0.5, 0.6) is 0 Å². The molecule has 1 fully saturated rings. The number of hydrogen-bond donors (Lipinski definition) is 2. The van der Waals surface area contributed by atoms with Crippen LogP contribution in [0.2, 0.25) is 0 Å². The van der Waals surface area contributed by atoms with E-state index >= 15 is 0 Å². The van der Waals surface area contributed by atoms with Gasteiger partial charge in [-0.1, -0.05) is 32.6 Å². The maximum atomic E-state index is 11.9. The first-order valence-corrected chi connectivity index (χ1v) is 6.19. The smallest absolute Gasteiger partial charge is 0.223 e. The summed E-state index contributed by atoms with van der Waals surface area (Å²) in [6.45, 7) is 2.03. The fraction of sp³-hybridized carbons (Fsp3) is 0.917. The third-order valence-corrected chi connectivity index (χ3v) is 3.29. The Kier molecular flexibility index (Phi) is 5.69. The molecule has 3 heteroatoms. The number of amides is 1. The summed E-state index contributed by atoms with van der Waals surface area (Å²) in [5, 5.41) is 11.9. The van der Waals surface area contributed by atoms with E-state index in [1.807, 2.05) is 6.92 Å². The van der Waals surface area contributed by atoms with E-state index in [0.29, 0.717) is 0 Å². The zero-order valence-electron chi connectivity index (χ0n) is 9.67. The van der Waals surface area contributed by atoms with Crippen LogP contribution in [-0.4, -0.2) is 23.7 Å². The first-order chi connectivity index (χ1) is 7.27. The normalized spacial score (nSPS) is 20.7. The number of carbonyl (C=O) groups is 1. The van der Waals surface area contributed by atoms with Crippen LogP contribution in [0, 0.1) is 5.92 Å². The summed E-state index contributed by atoms with van der Waals surface area (Å²) in [4.78, 5) is 11.9. The second kappa shape index (κ2) is 6.83. The summed E-state index contributed by atoms with van der Waals surface area (Å²) in [7, 11) is 0. The number of aliphatic hydroxyl groups is 1. The van der Waals surface area contributed by atoms with Crippen LogP contribution in [0.1, 0.15) is 51.9 Å². The molecule has 0 aromatic heterocycles. The molecule has 2 N–H and O–H groups in total. The van der Waals surface area contributed by atoms with E-state index in [0.717, 1.165) is 19.3 Å². The monoisotopic (exact) mass is 213 g/mol. The lowest BCUT2D eigenvalue weighted by Gasteiger charge is -2.19. The largest absolute Gasteiger partial charge is 0.394 e. The molecule has 0 aromatic rings. The van der Waals surface area contributed by atoms with Crippen LogP contribution in [0.3, 0.4) is 0 Å². The maximum Gasteiger partial charge on any atom is 0.223 e. The van der Waals surface area contributed by atoms with Gasteiger partial charge in [0.15, 0.2) is 0 Å². The summed E-state index contributed by atoms with van der Waals surface area (Å²) in [5.41, 5.74) is 0. The molecule has 0 radical (unpaired) electrons. The Morgan fingerprint density at radius 1 is 1.33 bits per heavy atom. The standard InChI is InChI=1S/C12H23NO2/c1-2-11(9-14)13-12(15)10-7-5-3-4-6-8-10/h10-11,14H,2-9H2,1H3,(H,13,15)/t11-/m1/s1. The highest BCUT2D eigenvalue weighted by Gasteiger charge is 2.21. The van der Waals surface area contributed by atoms with Crippen molar-refractivity contribution >= 4 is 5.91 Å². The van der Waals surface area contributed by atoms with Gasteiger partial charge in [-0.15, -0.1) is 0 Å². The molecule has 88 valence electrons. The van der Waals surface area contributed by atoms with Crippen molar-refractivity contribution in [2.75, 3.05) is 6.61 Å². The molecule has 0 unspecified atom stereocenters. The number of carbonyl (C=O) groups excluding carboxylic acids is 1. The van der Waals surface area contributed by atoms with Gasteiger partial charge in [-0.2, -0.15) is 0 Å². The molecule has 1 aliphatic carbocycles. The first kappa shape index (κ1) is 12.5. The highest BCUT2D eigenvalue weighted by atomic mass is 16.3. The Morgan fingerprint density at radius 3 is 2.40 bits per heavy atom. The van der Waals surface area contributed by atoms with Crippen molar-refractivity contribution in [2.24, 2.45) is 5.92 Å². The minimum Gasteiger partial charge on any atom is -0.394 e. The number of rotatable bonds is 4. The fourth-order valence-corrected chi connectivity index (χ4v) is 2.14. The van der Waals surface area contributed by atoms with Crippen molar-refractivity contribution in [3.63, 3.8) is 0 Å². The van der Waals surface area contributed by atoms with E-state index in [2.05, 4.69) is 5.32 Å². The van der Waals surface area contributed by atoms with Gasteiger partial charge in [0.25, 0.3) is 0 Å². The van der Waals surface area contributed by atoms with E-state index in [1.165, 1.54) is 25.7 Å². The number of hydrogen-bond acceptors (Lipinski definition) is 2. The van der Waals surface area contributed by atoms with Crippen molar-refractivity contribution in [1.29, 1.82) is 0 Å². The Balaban J connectivity index is 2.36. The average molecular weight is 213 g/mol. The summed E-state index contributed by atoms with van der Waals surface area (Å²) >= 11 is 0. The predicted molar refractivity (Wildman–Crippen MR) is 60.5 cm³/mol. The van der Waals surface area contributed by atoms with Gasteiger partial charge in [-0.05, 0) is 19.3 Å². The average Bonchev–Trinajstić information content (AvgIpc) is 2.54. The van der Waals surface area contributed by atoms with Crippen LogP contribution in [0.4, 0.5) is 0 Å². The molecule has 0 saturated heterocycles. The Morgan fingerprint density at radius 2 is 1.93 bits per heavy atom. The lowest BCUT2D eigenvalue weighted by atomic mass is 9.99. The Bertz CT molecular complexity index is 182. The molecule has 1 atom stereocenters. The van der Waals surface area contributed by atoms with Crippen molar-refractivity contribution < 1.29 is 9.90 Å². The first-order valence-electron chi connectivity index (χ1n) is 6.19. The third-order valence-electron chi connectivity index (χ3n) is 3.29. The van der Waals surface area contributed by atoms with Gasteiger partial charge in [0.2, 0.25) is 5.91 Å². The van der Waals surface area contributed by atoms with Crippen LogP contribution in [0.25, 0.3) is 0 Å². The molecule has 15 heavy (non-hydrogen) atoms. The van der Waals surface area contributed by atoms with Gasteiger partial charge in [0.05, 0.1) is 12.6 Å². The van der Waals surface area contributed by atoms with E-state index < -0.39 is 0 Å². The molecule has 0 aromatic carbocycles. The molecule has 0 spiro atoms.